The molecular formula is C13H5N5O2. The highest BCUT2D eigenvalue weighted by molar-refractivity contribution is 5.95. The van der Waals surface area contributed by atoms with Crippen LogP contribution in [0.4, 0.5) is 5.69 Å². The summed E-state index contributed by atoms with van der Waals surface area (Å²) in [4.78, 5) is 11.0. The van der Waals surface area contributed by atoms with E-state index in [1.807, 2.05) is 6.07 Å². The van der Waals surface area contributed by atoms with E-state index in [1.54, 1.807) is 6.07 Å². The lowest BCUT2D eigenvalue weighted by molar-refractivity contribution is 0.0698. The summed E-state index contributed by atoms with van der Waals surface area (Å²) in [6.45, 7) is 0. The van der Waals surface area contributed by atoms with Crippen LogP contribution in [0.5, 0.6) is 0 Å². The summed E-state index contributed by atoms with van der Waals surface area (Å²) in [6, 6.07) is 10.2. The number of nitriles is 4. The van der Waals surface area contributed by atoms with E-state index < -0.39 is 11.5 Å². The zero-order chi connectivity index (χ0) is 15.1. The van der Waals surface area contributed by atoms with Gasteiger partial charge in [0.2, 0.25) is 0 Å². The van der Waals surface area contributed by atoms with Crippen LogP contribution in [-0.4, -0.2) is 11.1 Å². The average Bonchev–Trinajstić information content (AvgIpc) is 2.46. The van der Waals surface area contributed by atoms with Gasteiger partial charge in [-0.2, -0.15) is 21.0 Å². The second kappa shape index (κ2) is 6.21. The van der Waals surface area contributed by atoms with Gasteiger partial charge in [0.1, 0.15) is 23.9 Å². The van der Waals surface area contributed by atoms with Gasteiger partial charge >= 0.3 is 5.97 Å². The Morgan fingerprint density at radius 2 is 1.75 bits per heavy atom. The lowest BCUT2D eigenvalue weighted by Gasteiger charge is -2.08. The predicted molar refractivity (Wildman–Crippen MR) is 65.6 cm³/mol. The van der Waals surface area contributed by atoms with Gasteiger partial charge in [-0.3, -0.25) is 0 Å². The van der Waals surface area contributed by atoms with Gasteiger partial charge in [-0.1, -0.05) is 0 Å². The van der Waals surface area contributed by atoms with Crippen molar-refractivity contribution in [3.63, 3.8) is 0 Å². The summed E-state index contributed by atoms with van der Waals surface area (Å²) >= 11 is 0. The molecule has 7 nitrogen and oxygen atoms in total. The number of carbonyl (C=O) groups is 1. The number of aromatic carboxylic acids is 1. The lowest BCUT2D eigenvalue weighted by Crippen LogP contribution is -2.07. The highest BCUT2D eigenvalue weighted by atomic mass is 16.4. The highest BCUT2D eigenvalue weighted by Crippen LogP contribution is 2.20. The second-order valence-corrected chi connectivity index (χ2v) is 3.39. The Labute approximate surface area is 113 Å². The van der Waals surface area contributed by atoms with E-state index in [1.165, 1.54) is 30.3 Å². The number of benzene rings is 1. The first kappa shape index (κ1) is 14.3. The monoisotopic (exact) mass is 263 g/mol. The number of allylic oxidation sites excluding steroid dienone is 2. The first-order valence-corrected chi connectivity index (χ1v) is 5.06. The van der Waals surface area contributed by atoms with Crippen molar-refractivity contribution in [1.29, 1.82) is 21.0 Å². The Kier molecular flexibility index (Phi) is 4.43. The molecule has 0 saturated heterocycles. The van der Waals surface area contributed by atoms with Crippen molar-refractivity contribution in [2.75, 3.05) is 5.32 Å². The van der Waals surface area contributed by atoms with Gasteiger partial charge in [0.25, 0.3) is 0 Å². The first-order chi connectivity index (χ1) is 9.57. The highest BCUT2D eigenvalue weighted by Gasteiger charge is 2.14. The molecule has 20 heavy (non-hydrogen) atoms. The van der Waals surface area contributed by atoms with E-state index in [0.717, 1.165) is 0 Å². The Hall–Kier alpha value is -3.81. The number of carboxylic acids is 1. The summed E-state index contributed by atoms with van der Waals surface area (Å²) in [7, 11) is 0. The molecule has 0 aliphatic rings. The molecule has 0 heterocycles. The smallest absolute Gasteiger partial charge is 0.337 e. The van der Waals surface area contributed by atoms with Crippen LogP contribution in [-0.2, 0) is 0 Å². The Morgan fingerprint density at radius 1 is 1.10 bits per heavy atom. The fourth-order valence-electron chi connectivity index (χ4n) is 1.32. The van der Waals surface area contributed by atoms with Crippen molar-refractivity contribution < 1.29 is 9.90 Å². The third kappa shape index (κ3) is 2.90. The number of nitrogens with one attached hydrogen (secondary N) is 1. The zero-order valence-electron chi connectivity index (χ0n) is 9.88. The van der Waals surface area contributed by atoms with Gasteiger partial charge in [0, 0.05) is 0 Å². The SMILES string of the molecule is N#CC(C#N)=C(C#N)Nc1cc(C#N)ccc1C(=O)O. The van der Waals surface area contributed by atoms with E-state index in [4.69, 9.17) is 26.2 Å². The van der Waals surface area contributed by atoms with Crippen LogP contribution in [0.25, 0.3) is 0 Å². The molecule has 1 aromatic rings. The van der Waals surface area contributed by atoms with E-state index in [2.05, 4.69) is 5.32 Å². The number of hydrogen-bond donors (Lipinski definition) is 2. The fourth-order valence-corrected chi connectivity index (χ4v) is 1.32. The molecule has 0 aromatic heterocycles. The summed E-state index contributed by atoms with van der Waals surface area (Å²) in [6.07, 6.45) is 0. The molecular weight excluding hydrogens is 258 g/mol. The largest absolute Gasteiger partial charge is 0.478 e. The third-order valence-electron chi connectivity index (χ3n) is 2.22. The van der Waals surface area contributed by atoms with Crippen LogP contribution in [0, 0.1) is 45.3 Å². The van der Waals surface area contributed by atoms with Crippen LogP contribution in [0.3, 0.4) is 0 Å². The zero-order valence-corrected chi connectivity index (χ0v) is 9.88. The number of hydrogen-bond acceptors (Lipinski definition) is 6. The lowest BCUT2D eigenvalue weighted by atomic mass is 10.1. The van der Waals surface area contributed by atoms with Gasteiger partial charge in [-0.05, 0) is 18.2 Å². The van der Waals surface area contributed by atoms with Gasteiger partial charge in [-0.25, -0.2) is 4.79 Å². The molecule has 7 heteroatoms. The molecule has 0 fully saturated rings. The maximum Gasteiger partial charge on any atom is 0.337 e. The molecule has 0 aliphatic heterocycles. The molecule has 0 bridgehead atoms. The van der Waals surface area contributed by atoms with Crippen molar-refractivity contribution in [1.82, 2.24) is 0 Å². The minimum absolute atomic E-state index is 0.0453. The predicted octanol–water partition coefficient (Wildman–Crippen LogP) is 1.49. The first-order valence-electron chi connectivity index (χ1n) is 5.06. The van der Waals surface area contributed by atoms with Crippen molar-refractivity contribution in [3.05, 3.63) is 40.6 Å². The van der Waals surface area contributed by atoms with Crippen LogP contribution in [0.2, 0.25) is 0 Å². The third-order valence-corrected chi connectivity index (χ3v) is 2.22. The summed E-state index contributed by atoms with van der Waals surface area (Å²) in [5.41, 5.74) is -0.924. The number of anilines is 1. The summed E-state index contributed by atoms with van der Waals surface area (Å²) in [5, 5.41) is 46.5. The second-order valence-electron chi connectivity index (χ2n) is 3.39. The molecule has 94 valence electrons. The van der Waals surface area contributed by atoms with Crippen LogP contribution >= 0.6 is 0 Å². The molecule has 0 atom stereocenters. The maximum atomic E-state index is 11.0. The topological polar surface area (TPSA) is 144 Å². The minimum Gasteiger partial charge on any atom is -0.478 e. The molecule has 0 radical (unpaired) electrons. The fraction of sp³-hybridized carbons (Fsp3) is 0. The molecule has 0 aliphatic carbocycles. The molecule has 0 spiro atoms. The van der Waals surface area contributed by atoms with Crippen molar-refractivity contribution >= 4 is 11.7 Å². The molecule has 0 saturated carbocycles. The quantitative estimate of drug-likeness (QED) is 0.785. The van der Waals surface area contributed by atoms with E-state index >= 15 is 0 Å². The molecule has 1 aromatic carbocycles. The van der Waals surface area contributed by atoms with Gasteiger partial charge in [0.15, 0.2) is 5.57 Å². The van der Waals surface area contributed by atoms with Gasteiger partial charge < -0.3 is 10.4 Å². The number of nitrogens with zero attached hydrogens (tertiary/aromatic N) is 4. The normalized spacial score (nSPS) is 8.20. The van der Waals surface area contributed by atoms with Crippen LogP contribution in [0.15, 0.2) is 29.5 Å². The van der Waals surface area contributed by atoms with Gasteiger partial charge in [-0.15, -0.1) is 0 Å². The van der Waals surface area contributed by atoms with Crippen LogP contribution in [0.1, 0.15) is 15.9 Å². The summed E-state index contributed by atoms with van der Waals surface area (Å²) in [5.74, 6) is -1.27. The van der Waals surface area contributed by atoms with Crippen molar-refractivity contribution in [3.8, 4) is 24.3 Å². The van der Waals surface area contributed by atoms with E-state index in [-0.39, 0.29) is 22.5 Å². The maximum absolute atomic E-state index is 11.0. The molecule has 2 N–H and O–H groups in total. The molecule has 0 unspecified atom stereocenters. The van der Waals surface area contributed by atoms with Gasteiger partial charge in [0.05, 0.1) is 22.9 Å². The van der Waals surface area contributed by atoms with E-state index in [0.29, 0.717) is 0 Å². The Balaban J connectivity index is 3.42. The Morgan fingerprint density at radius 3 is 2.20 bits per heavy atom. The standard InChI is InChI=1S/C13H5N5O2/c14-4-8-1-2-10(13(19)20)11(3-8)18-12(7-17)9(5-15)6-16/h1-3,18H,(H,19,20). The Bertz CT molecular complexity index is 750. The molecule has 1 rings (SSSR count). The molecule has 0 amide bonds. The van der Waals surface area contributed by atoms with Crippen LogP contribution < -0.4 is 5.32 Å². The number of carboxylic acid groups (broad SMARTS) is 1. The minimum atomic E-state index is -1.27. The summed E-state index contributed by atoms with van der Waals surface area (Å²) < 4.78 is 0. The average molecular weight is 263 g/mol. The number of rotatable bonds is 3. The van der Waals surface area contributed by atoms with Crippen molar-refractivity contribution in [2.45, 2.75) is 0 Å². The van der Waals surface area contributed by atoms with E-state index in [9.17, 15) is 4.79 Å². The van der Waals surface area contributed by atoms with Crippen molar-refractivity contribution in [2.24, 2.45) is 0 Å².